The summed E-state index contributed by atoms with van der Waals surface area (Å²) in [5, 5.41) is 2.88. The van der Waals surface area contributed by atoms with Crippen molar-refractivity contribution >= 4 is 17.5 Å². The van der Waals surface area contributed by atoms with E-state index in [0.717, 1.165) is 12.2 Å². The van der Waals surface area contributed by atoms with Crippen LogP contribution >= 0.6 is 0 Å². The summed E-state index contributed by atoms with van der Waals surface area (Å²) < 4.78 is 5.11. The average molecular weight is 324 g/mol. The highest BCUT2D eigenvalue weighted by molar-refractivity contribution is 6.01. The highest BCUT2D eigenvalue weighted by Gasteiger charge is 2.34. The topological polar surface area (TPSA) is 58.6 Å². The Bertz CT molecular complexity index is 713. The molecule has 1 N–H and O–H groups in total. The van der Waals surface area contributed by atoms with Crippen LogP contribution in [-0.2, 0) is 4.79 Å². The van der Waals surface area contributed by atoms with E-state index >= 15 is 0 Å². The molecular formula is C19H20N2O3. The molecule has 0 unspecified atom stereocenters. The van der Waals surface area contributed by atoms with Crippen LogP contribution in [0.5, 0.6) is 5.75 Å². The highest BCUT2D eigenvalue weighted by Crippen LogP contribution is 2.22. The molecule has 0 radical (unpaired) electrons. The zero-order valence-corrected chi connectivity index (χ0v) is 13.6. The average Bonchev–Trinajstić information content (AvgIpc) is 3.12. The van der Waals surface area contributed by atoms with E-state index in [1.54, 1.807) is 48.4 Å². The Labute approximate surface area is 141 Å². The van der Waals surface area contributed by atoms with Crippen molar-refractivity contribution < 1.29 is 14.3 Å². The number of anilines is 1. The molecule has 24 heavy (non-hydrogen) atoms. The molecule has 0 saturated carbocycles. The molecule has 1 aliphatic heterocycles. The molecule has 0 bridgehead atoms. The van der Waals surface area contributed by atoms with Crippen LogP contribution in [0.3, 0.4) is 0 Å². The minimum atomic E-state index is -0.431. The first kappa shape index (κ1) is 16.1. The van der Waals surface area contributed by atoms with E-state index in [2.05, 4.69) is 5.32 Å². The van der Waals surface area contributed by atoms with Crippen molar-refractivity contribution in [3.8, 4) is 5.75 Å². The predicted molar refractivity (Wildman–Crippen MR) is 92.1 cm³/mol. The molecule has 3 rings (SSSR count). The fourth-order valence-electron chi connectivity index (χ4n) is 2.93. The molecule has 1 aliphatic rings. The van der Waals surface area contributed by atoms with Gasteiger partial charge in [0.15, 0.2) is 0 Å². The van der Waals surface area contributed by atoms with E-state index in [1.807, 2.05) is 18.2 Å². The van der Waals surface area contributed by atoms with Crippen LogP contribution in [0.1, 0.15) is 23.2 Å². The molecule has 5 heteroatoms. The Morgan fingerprint density at radius 2 is 1.79 bits per heavy atom. The van der Waals surface area contributed by atoms with Crippen LogP contribution in [0.2, 0.25) is 0 Å². The summed E-state index contributed by atoms with van der Waals surface area (Å²) in [4.78, 5) is 26.9. The summed E-state index contributed by atoms with van der Waals surface area (Å²) in [6, 6.07) is 15.8. The first-order chi connectivity index (χ1) is 11.7. The predicted octanol–water partition coefficient (Wildman–Crippen LogP) is 2.94. The van der Waals surface area contributed by atoms with E-state index in [-0.39, 0.29) is 11.8 Å². The van der Waals surface area contributed by atoms with Gasteiger partial charge in [-0.05, 0) is 49.2 Å². The van der Waals surface area contributed by atoms with Crippen LogP contribution in [0.4, 0.5) is 5.69 Å². The maximum atomic E-state index is 12.6. The Balaban J connectivity index is 1.70. The Kier molecular flexibility index (Phi) is 4.79. The van der Waals surface area contributed by atoms with Gasteiger partial charge in [0.25, 0.3) is 5.91 Å². The van der Waals surface area contributed by atoms with Gasteiger partial charge in [-0.25, -0.2) is 0 Å². The zero-order valence-electron chi connectivity index (χ0n) is 13.6. The van der Waals surface area contributed by atoms with E-state index in [4.69, 9.17) is 4.74 Å². The summed E-state index contributed by atoms with van der Waals surface area (Å²) in [7, 11) is 1.60. The van der Waals surface area contributed by atoms with Gasteiger partial charge in [-0.3, -0.25) is 9.59 Å². The molecule has 2 amide bonds. The van der Waals surface area contributed by atoms with Gasteiger partial charge < -0.3 is 15.0 Å². The van der Waals surface area contributed by atoms with Crippen molar-refractivity contribution in [2.75, 3.05) is 19.0 Å². The van der Waals surface area contributed by atoms with Gasteiger partial charge in [0, 0.05) is 17.8 Å². The van der Waals surface area contributed by atoms with Crippen LogP contribution in [0.15, 0.2) is 54.6 Å². The minimum absolute atomic E-state index is 0.0945. The van der Waals surface area contributed by atoms with E-state index in [1.165, 1.54) is 0 Å². The fraction of sp³-hybridized carbons (Fsp3) is 0.263. The number of nitrogens with zero attached hydrogens (tertiary/aromatic N) is 1. The number of methoxy groups -OCH3 is 1. The number of nitrogens with one attached hydrogen (secondary N) is 1. The van der Waals surface area contributed by atoms with Crippen molar-refractivity contribution in [3.63, 3.8) is 0 Å². The summed E-state index contributed by atoms with van der Waals surface area (Å²) in [5.41, 5.74) is 1.31. The molecule has 2 aromatic rings. The SMILES string of the molecule is COc1ccc(NC(=O)[C@H]2CCCN2C(=O)c2ccccc2)cc1. The second-order valence-corrected chi connectivity index (χ2v) is 5.74. The zero-order chi connectivity index (χ0) is 16.9. The summed E-state index contributed by atoms with van der Waals surface area (Å²) in [6.45, 7) is 0.606. The molecular weight excluding hydrogens is 304 g/mol. The van der Waals surface area contributed by atoms with Crippen molar-refractivity contribution in [1.82, 2.24) is 4.90 Å². The quantitative estimate of drug-likeness (QED) is 0.941. The Morgan fingerprint density at radius 3 is 2.46 bits per heavy atom. The highest BCUT2D eigenvalue weighted by atomic mass is 16.5. The lowest BCUT2D eigenvalue weighted by atomic mass is 10.1. The molecule has 0 aromatic heterocycles. The summed E-state index contributed by atoms with van der Waals surface area (Å²) in [5.74, 6) is 0.486. The molecule has 1 fully saturated rings. The molecule has 1 saturated heterocycles. The first-order valence-corrected chi connectivity index (χ1v) is 8.00. The number of carbonyl (C=O) groups excluding carboxylic acids is 2. The van der Waals surface area contributed by atoms with Crippen molar-refractivity contribution in [3.05, 3.63) is 60.2 Å². The second-order valence-electron chi connectivity index (χ2n) is 5.74. The molecule has 1 heterocycles. The number of benzene rings is 2. The number of carbonyl (C=O) groups is 2. The van der Waals surface area contributed by atoms with Crippen LogP contribution in [0, 0.1) is 0 Å². The second kappa shape index (κ2) is 7.17. The van der Waals surface area contributed by atoms with Crippen LogP contribution in [0.25, 0.3) is 0 Å². The third-order valence-electron chi connectivity index (χ3n) is 4.19. The van der Waals surface area contributed by atoms with Gasteiger partial charge in [-0.2, -0.15) is 0 Å². The van der Waals surface area contributed by atoms with Crippen molar-refractivity contribution in [2.45, 2.75) is 18.9 Å². The van der Waals surface area contributed by atoms with E-state index in [9.17, 15) is 9.59 Å². The third-order valence-corrected chi connectivity index (χ3v) is 4.19. The van der Waals surface area contributed by atoms with Crippen molar-refractivity contribution in [2.24, 2.45) is 0 Å². The van der Waals surface area contributed by atoms with Gasteiger partial charge in [0.05, 0.1) is 7.11 Å². The third kappa shape index (κ3) is 3.40. The number of likely N-dealkylation sites (tertiary alicyclic amines) is 1. The fourth-order valence-corrected chi connectivity index (χ4v) is 2.93. The normalized spacial score (nSPS) is 16.7. The largest absolute Gasteiger partial charge is 0.497 e. The maximum Gasteiger partial charge on any atom is 0.254 e. The van der Waals surface area contributed by atoms with Gasteiger partial charge >= 0.3 is 0 Å². The lowest BCUT2D eigenvalue weighted by molar-refractivity contribution is -0.119. The number of rotatable bonds is 4. The molecule has 2 aromatic carbocycles. The minimum Gasteiger partial charge on any atom is -0.497 e. The Hall–Kier alpha value is -2.82. The lowest BCUT2D eigenvalue weighted by Gasteiger charge is -2.24. The van der Waals surface area contributed by atoms with Crippen molar-refractivity contribution in [1.29, 1.82) is 0 Å². The summed E-state index contributed by atoms with van der Waals surface area (Å²) >= 11 is 0. The maximum absolute atomic E-state index is 12.6. The molecule has 5 nitrogen and oxygen atoms in total. The van der Waals surface area contributed by atoms with Crippen LogP contribution in [-0.4, -0.2) is 36.4 Å². The number of hydrogen-bond acceptors (Lipinski definition) is 3. The van der Waals surface area contributed by atoms with Crippen LogP contribution < -0.4 is 10.1 Å². The number of hydrogen-bond donors (Lipinski definition) is 1. The lowest BCUT2D eigenvalue weighted by Crippen LogP contribution is -2.43. The van der Waals surface area contributed by atoms with Gasteiger partial charge in [0.2, 0.25) is 5.91 Å². The molecule has 1 atom stereocenters. The standard InChI is InChI=1S/C19H20N2O3/c1-24-16-11-9-15(10-12-16)20-18(22)17-8-5-13-21(17)19(23)14-6-3-2-4-7-14/h2-4,6-7,9-12,17H,5,8,13H2,1H3,(H,20,22)/t17-/m1/s1. The smallest absolute Gasteiger partial charge is 0.254 e. The first-order valence-electron chi connectivity index (χ1n) is 8.00. The molecule has 0 spiro atoms. The monoisotopic (exact) mass is 324 g/mol. The van der Waals surface area contributed by atoms with Gasteiger partial charge in [-0.1, -0.05) is 18.2 Å². The molecule has 0 aliphatic carbocycles. The number of ether oxygens (including phenoxy) is 1. The van der Waals surface area contributed by atoms with E-state index in [0.29, 0.717) is 24.2 Å². The van der Waals surface area contributed by atoms with Gasteiger partial charge in [0.1, 0.15) is 11.8 Å². The number of amides is 2. The van der Waals surface area contributed by atoms with E-state index < -0.39 is 6.04 Å². The van der Waals surface area contributed by atoms with Gasteiger partial charge in [-0.15, -0.1) is 0 Å². The molecule has 124 valence electrons. The summed E-state index contributed by atoms with van der Waals surface area (Å²) in [6.07, 6.45) is 1.51. The Morgan fingerprint density at radius 1 is 1.08 bits per heavy atom.